The molecule has 0 bridgehead atoms. The number of nitrogens with one attached hydrogen (secondary N) is 2. The van der Waals surface area contributed by atoms with Gasteiger partial charge in [0.25, 0.3) is 5.91 Å². The van der Waals surface area contributed by atoms with E-state index in [1.54, 1.807) is 18.2 Å². The highest BCUT2D eigenvalue weighted by Gasteiger charge is 2.19. The lowest BCUT2D eigenvalue weighted by atomic mass is 10.1. The van der Waals surface area contributed by atoms with E-state index in [2.05, 4.69) is 15.6 Å². The standard InChI is InChI=1S/C16H11N3O2S/c20-14-8-10-7-9(5-6-11(10)17-14)15(21)19-16-18-12-3-1-2-4-13(12)22-16/h1-7H,8H2,(H,17,20)(H,18,19,21). The third-order valence-electron chi connectivity index (χ3n) is 3.51. The summed E-state index contributed by atoms with van der Waals surface area (Å²) < 4.78 is 1.03. The van der Waals surface area contributed by atoms with E-state index in [0.29, 0.717) is 17.1 Å². The minimum Gasteiger partial charge on any atom is -0.326 e. The largest absolute Gasteiger partial charge is 0.326 e. The quantitative estimate of drug-likeness (QED) is 0.764. The number of rotatable bonds is 2. The van der Waals surface area contributed by atoms with Crippen molar-refractivity contribution in [3.8, 4) is 0 Å². The number of carbonyl (C=O) groups is 2. The number of thiazole rings is 1. The Labute approximate surface area is 130 Å². The van der Waals surface area contributed by atoms with Gasteiger partial charge in [0, 0.05) is 11.3 Å². The van der Waals surface area contributed by atoms with Crippen molar-refractivity contribution >= 4 is 44.2 Å². The summed E-state index contributed by atoms with van der Waals surface area (Å²) in [5.41, 5.74) is 3.02. The monoisotopic (exact) mass is 309 g/mol. The maximum absolute atomic E-state index is 12.3. The first kappa shape index (κ1) is 13.0. The zero-order valence-electron chi connectivity index (χ0n) is 11.4. The van der Waals surface area contributed by atoms with E-state index >= 15 is 0 Å². The molecule has 0 spiro atoms. The van der Waals surface area contributed by atoms with Crippen LogP contribution in [0.3, 0.4) is 0 Å². The molecule has 0 atom stereocenters. The molecule has 0 aliphatic carbocycles. The van der Waals surface area contributed by atoms with Crippen LogP contribution in [0.5, 0.6) is 0 Å². The molecule has 108 valence electrons. The maximum atomic E-state index is 12.3. The molecule has 0 saturated carbocycles. The van der Waals surface area contributed by atoms with E-state index in [1.807, 2.05) is 24.3 Å². The van der Waals surface area contributed by atoms with Crippen molar-refractivity contribution < 1.29 is 9.59 Å². The molecule has 0 fully saturated rings. The van der Waals surface area contributed by atoms with Crippen LogP contribution in [-0.2, 0) is 11.2 Å². The van der Waals surface area contributed by atoms with Crippen molar-refractivity contribution in [2.75, 3.05) is 10.6 Å². The fraction of sp³-hybridized carbons (Fsp3) is 0.0625. The van der Waals surface area contributed by atoms with Crippen LogP contribution in [0.1, 0.15) is 15.9 Å². The number of hydrogen-bond donors (Lipinski definition) is 2. The van der Waals surface area contributed by atoms with Crippen LogP contribution >= 0.6 is 11.3 Å². The number of aromatic nitrogens is 1. The van der Waals surface area contributed by atoms with Gasteiger partial charge in [-0.05, 0) is 35.9 Å². The molecule has 0 unspecified atom stereocenters. The lowest BCUT2D eigenvalue weighted by Gasteiger charge is -2.04. The molecule has 1 aromatic heterocycles. The average Bonchev–Trinajstić information content (AvgIpc) is 3.07. The van der Waals surface area contributed by atoms with Crippen molar-refractivity contribution in [1.29, 1.82) is 0 Å². The zero-order chi connectivity index (χ0) is 15.1. The number of amides is 2. The van der Waals surface area contributed by atoms with Crippen LogP contribution < -0.4 is 10.6 Å². The summed E-state index contributed by atoms with van der Waals surface area (Å²) in [6.07, 6.45) is 0.317. The van der Waals surface area contributed by atoms with Gasteiger partial charge in [0.1, 0.15) is 0 Å². The van der Waals surface area contributed by atoms with Crippen LogP contribution in [0.15, 0.2) is 42.5 Å². The fourth-order valence-electron chi connectivity index (χ4n) is 2.47. The molecule has 2 N–H and O–H groups in total. The lowest BCUT2D eigenvalue weighted by Crippen LogP contribution is -2.11. The normalized spacial score (nSPS) is 13.0. The molecule has 0 saturated heterocycles. The lowest BCUT2D eigenvalue weighted by molar-refractivity contribution is -0.115. The summed E-state index contributed by atoms with van der Waals surface area (Å²) in [4.78, 5) is 28.1. The summed E-state index contributed by atoms with van der Waals surface area (Å²) in [7, 11) is 0. The SMILES string of the molecule is O=C1Cc2cc(C(=O)Nc3nc4ccccc4s3)ccc2N1. The molecular weight excluding hydrogens is 298 g/mol. The van der Waals surface area contributed by atoms with Gasteiger partial charge in [-0.25, -0.2) is 4.98 Å². The van der Waals surface area contributed by atoms with Crippen LogP contribution in [0.4, 0.5) is 10.8 Å². The van der Waals surface area contributed by atoms with Crippen molar-refractivity contribution in [3.05, 3.63) is 53.6 Å². The Balaban J connectivity index is 1.59. The van der Waals surface area contributed by atoms with E-state index < -0.39 is 0 Å². The smallest absolute Gasteiger partial charge is 0.257 e. The third kappa shape index (κ3) is 2.23. The molecule has 2 amide bonds. The number of carbonyl (C=O) groups excluding carboxylic acids is 2. The third-order valence-corrected chi connectivity index (χ3v) is 4.46. The Kier molecular flexibility index (Phi) is 2.90. The Morgan fingerprint density at radius 2 is 2.09 bits per heavy atom. The van der Waals surface area contributed by atoms with Gasteiger partial charge in [-0.2, -0.15) is 0 Å². The highest BCUT2D eigenvalue weighted by atomic mass is 32.1. The van der Waals surface area contributed by atoms with E-state index in [0.717, 1.165) is 21.5 Å². The highest BCUT2D eigenvalue weighted by molar-refractivity contribution is 7.22. The number of anilines is 2. The predicted molar refractivity (Wildman–Crippen MR) is 86.3 cm³/mol. The van der Waals surface area contributed by atoms with Gasteiger partial charge in [-0.3, -0.25) is 14.9 Å². The molecule has 5 nitrogen and oxygen atoms in total. The second-order valence-corrected chi connectivity index (χ2v) is 6.07. The molecule has 2 aromatic carbocycles. The molecule has 6 heteroatoms. The number of nitrogens with zero attached hydrogens (tertiary/aromatic N) is 1. The predicted octanol–water partition coefficient (Wildman–Crippen LogP) is 3.04. The summed E-state index contributed by atoms with van der Waals surface area (Å²) in [5, 5.41) is 6.13. The molecular formula is C16H11N3O2S. The van der Waals surface area contributed by atoms with E-state index in [4.69, 9.17) is 0 Å². The molecule has 0 radical (unpaired) electrons. The van der Waals surface area contributed by atoms with Crippen molar-refractivity contribution in [2.45, 2.75) is 6.42 Å². The fourth-order valence-corrected chi connectivity index (χ4v) is 3.33. The van der Waals surface area contributed by atoms with Gasteiger partial charge in [0.2, 0.25) is 5.91 Å². The molecule has 3 aromatic rings. The van der Waals surface area contributed by atoms with Gasteiger partial charge >= 0.3 is 0 Å². The van der Waals surface area contributed by atoms with Crippen molar-refractivity contribution in [1.82, 2.24) is 4.98 Å². The topological polar surface area (TPSA) is 71.1 Å². The summed E-state index contributed by atoms with van der Waals surface area (Å²) >= 11 is 1.44. The van der Waals surface area contributed by atoms with Gasteiger partial charge in [0.05, 0.1) is 16.6 Å². The Morgan fingerprint density at radius 1 is 1.23 bits per heavy atom. The maximum Gasteiger partial charge on any atom is 0.257 e. The summed E-state index contributed by atoms with van der Waals surface area (Å²) in [6.45, 7) is 0. The first-order valence-electron chi connectivity index (χ1n) is 6.79. The van der Waals surface area contributed by atoms with E-state index in [-0.39, 0.29) is 11.8 Å². The van der Waals surface area contributed by atoms with Gasteiger partial charge in [-0.15, -0.1) is 0 Å². The minimum absolute atomic E-state index is 0.0428. The molecule has 1 aliphatic rings. The molecule has 1 aliphatic heterocycles. The number of benzene rings is 2. The highest BCUT2D eigenvalue weighted by Crippen LogP contribution is 2.27. The van der Waals surface area contributed by atoms with E-state index in [9.17, 15) is 9.59 Å². The Morgan fingerprint density at radius 3 is 2.95 bits per heavy atom. The summed E-state index contributed by atoms with van der Waals surface area (Å²) in [6, 6.07) is 12.9. The second kappa shape index (κ2) is 4.92. The Hall–Kier alpha value is -2.73. The number of hydrogen-bond acceptors (Lipinski definition) is 4. The Bertz CT molecular complexity index is 884. The van der Waals surface area contributed by atoms with Crippen LogP contribution in [-0.4, -0.2) is 16.8 Å². The van der Waals surface area contributed by atoms with E-state index in [1.165, 1.54) is 11.3 Å². The van der Waals surface area contributed by atoms with Crippen molar-refractivity contribution in [3.63, 3.8) is 0 Å². The summed E-state index contributed by atoms with van der Waals surface area (Å²) in [5.74, 6) is -0.264. The van der Waals surface area contributed by atoms with Gasteiger partial charge in [0.15, 0.2) is 5.13 Å². The number of fused-ring (bicyclic) bond motifs is 2. The van der Waals surface area contributed by atoms with Crippen molar-refractivity contribution in [2.24, 2.45) is 0 Å². The molecule has 2 heterocycles. The van der Waals surface area contributed by atoms with Gasteiger partial charge < -0.3 is 5.32 Å². The number of para-hydroxylation sites is 1. The molecule has 4 rings (SSSR count). The van der Waals surface area contributed by atoms with Gasteiger partial charge in [-0.1, -0.05) is 23.5 Å². The van der Waals surface area contributed by atoms with Crippen LogP contribution in [0.25, 0.3) is 10.2 Å². The van der Waals surface area contributed by atoms with Crippen LogP contribution in [0.2, 0.25) is 0 Å². The average molecular weight is 309 g/mol. The first-order chi connectivity index (χ1) is 10.7. The second-order valence-electron chi connectivity index (χ2n) is 5.04. The minimum atomic E-state index is -0.221. The molecule has 22 heavy (non-hydrogen) atoms. The zero-order valence-corrected chi connectivity index (χ0v) is 12.2. The van der Waals surface area contributed by atoms with Crippen LogP contribution in [0, 0.1) is 0 Å². The first-order valence-corrected chi connectivity index (χ1v) is 7.60.